The van der Waals surface area contributed by atoms with Crippen LogP contribution in [0.5, 0.6) is 5.75 Å². The van der Waals surface area contributed by atoms with Gasteiger partial charge in [0.05, 0.1) is 19.1 Å². The zero-order valence-electron chi connectivity index (χ0n) is 8.94. The highest BCUT2D eigenvalue weighted by molar-refractivity contribution is 7.92. The van der Waals surface area contributed by atoms with Gasteiger partial charge in [-0.2, -0.15) is 0 Å². The molecule has 1 aromatic carbocycles. The molecule has 0 aliphatic heterocycles. The molecular formula is C10H14NO3S. The van der Waals surface area contributed by atoms with Gasteiger partial charge in [-0.25, -0.2) is 8.42 Å². The van der Waals surface area contributed by atoms with Gasteiger partial charge in [-0.1, -0.05) is 13.0 Å². The van der Waals surface area contributed by atoms with E-state index < -0.39 is 10.0 Å². The molecule has 0 spiro atoms. The van der Waals surface area contributed by atoms with Crippen molar-refractivity contribution in [2.24, 2.45) is 0 Å². The Balaban J connectivity index is 3.08. The summed E-state index contributed by atoms with van der Waals surface area (Å²) < 4.78 is 29.6. The first-order valence-electron chi connectivity index (χ1n) is 4.41. The van der Waals surface area contributed by atoms with Crippen molar-refractivity contribution in [3.05, 3.63) is 30.2 Å². The second-order valence-corrected chi connectivity index (χ2v) is 4.87. The molecule has 0 amide bonds. The summed E-state index contributed by atoms with van der Waals surface area (Å²) in [5.41, 5.74) is 1.43. The number of benzene rings is 1. The largest absolute Gasteiger partial charge is 0.495 e. The summed E-state index contributed by atoms with van der Waals surface area (Å²) in [6.07, 6.45) is 3.01. The van der Waals surface area contributed by atoms with Crippen LogP contribution in [0.15, 0.2) is 18.2 Å². The molecule has 0 bridgehead atoms. The maximum atomic E-state index is 11.0. The second-order valence-electron chi connectivity index (χ2n) is 3.12. The van der Waals surface area contributed by atoms with E-state index in [2.05, 4.69) is 4.72 Å². The fraction of sp³-hybridized carbons (Fsp3) is 0.300. The lowest BCUT2D eigenvalue weighted by Gasteiger charge is -2.10. The third-order valence-corrected chi connectivity index (χ3v) is 2.44. The van der Waals surface area contributed by atoms with Gasteiger partial charge in [0.1, 0.15) is 5.75 Å². The summed E-state index contributed by atoms with van der Waals surface area (Å²) in [6.45, 7) is 1.90. The lowest BCUT2D eigenvalue weighted by molar-refractivity contribution is 0.416. The molecule has 1 radical (unpaired) electrons. The van der Waals surface area contributed by atoms with Crippen LogP contribution in [0, 0.1) is 6.42 Å². The number of hydrogen-bond donors (Lipinski definition) is 1. The predicted octanol–water partition coefficient (Wildman–Crippen LogP) is 1.64. The van der Waals surface area contributed by atoms with Crippen LogP contribution in [0.2, 0.25) is 0 Å². The number of methoxy groups -OCH3 is 1. The van der Waals surface area contributed by atoms with Gasteiger partial charge in [-0.3, -0.25) is 4.72 Å². The standard InChI is InChI=1S/C10H14NO3S/c1-4-8-5-6-9(10(7-8)14-2)11-15(3,12)13/h4-7,11H,1-3H3. The highest BCUT2D eigenvalue weighted by Crippen LogP contribution is 2.26. The number of ether oxygens (including phenoxy) is 1. The van der Waals surface area contributed by atoms with Crippen molar-refractivity contribution in [1.82, 2.24) is 0 Å². The average Bonchev–Trinajstić information content (AvgIpc) is 2.16. The molecule has 0 aliphatic carbocycles. The van der Waals surface area contributed by atoms with Gasteiger partial charge in [-0.15, -0.1) is 0 Å². The van der Waals surface area contributed by atoms with Crippen molar-refractivity contribution in [2.45, 2.75) is 6.92 Å². The van der Waals surface area contributed by atoms with Crippen molar-refractivity contribution in [1.29, 1.82) is 0 Å². The van der Waals surface area contributed by atoms with E-state index >= 15 is 0 Å². The Hall–Kier alpha value is -1.23. The van der Waals surface area contributed by atoms with Crippen LogP contribution in [-0.4, -0.2) is 21.8 Å². The molecule has 83 valence electrons. The summed E-state index contributed by atoms with van der Waals surface area (Å²) in [7, 11) is -1.77. The summed E-state index contributed by atoms with van der Waals surface area (Å²) >= 11 is 0. The van der Waals surface area contributed by atoms with Gasteiger partial charge in [0.25, 0.3) is 0 Å². The summed E-state index contributed by atoms with van der Waals surface area (Å²) in [5.74, 6) is 0.510. The monoisotopic (exact) mass is 228 g/mol. The lowest BCUT2D eigenvalue weighted by Crippen LogP contribution is -2.10. The minimum Gasteiger partial charge on any atom is -0.495 e. The Kier molecular flexibility index (Phi) is 3.57. The number of nitrogens with one attached hydrogen (secondary N) is 1. The van der Waals surface area contributed by atoms with Crippen LogP contribution in [0.4, 0.5) is 5.69 Å². The molecule has 0 heterocycles. The van der Waals surface area contributed by atoms with Crippen molar-refractivity contribution >= 4 is 15.7 Å². The molecule has 0 saturated carbocycles. The zero-order valence-corrected chi connectivity index (χ0v) is 9.76. The highest BCUT2D eigenvalue weighted by atomic mass is 32.2. The molecular weight excluding hydrogens is 214 g/mol. The predicted molar refractivity (Wildman–Crippen MR) is 60.5 cm³/mol. The van der Waals surface area contributed by atoms with Crippen LogP contribution in [-0.2, 0) is 10.0 Å². The van der Waals surface area contributed by atoms with Gasteiger partial charge in [0.2, 0.25) is 10.0 Å². The first-order valence-corrected chi connectivity index (χ1v) is 6.30. The molecule has 0 aromatic heterocycles. The minimum atomic E-state index is -3.27. The number of rotatable bonds is 4. The third-order valence-electron chi connectivity index (χ3n) is 1.85. The van der Waals surface area contributed by atoms with Crippen molar-refractivity contribution in [3.63, 3.8) is 0 Å². The number of sulfonamides is 1. The average molecular weight is 228 g/mol. The van der Waals surface area contributed by atoms with E-state index in [1.54, 1.807) is 12.1 Å². The van der Waals surface area contributed by atoms with E-state index in [1.165, 1.54) is 7.11 Å². The van der Waals surface area contributed by atoms with Gasteiger partial charge < -0.3 is 4.74 Å². The second kappa shape index (κ2) is 4.53. The Morgan fingerprint density at radius 3 is 2.53 bits per heavy atom. The Labute approximate surface area is 90.3 Å². The summed E-state index contributed by atoms with van der Waals surface area (Å²) in [5, 5.41) is 0. The van der Waals surface area contributed by atoms with Crippen molar-refractivity contribution in [3.8, 4) is 5.75 Å². The quantitative estimate of drug-likeness (QED) is 0.852. The zero-order chi connectivity index (χ0) is 11.5. The van der Waals surface area contributed by atoms with E-state index in [1.807, 2.05) is 19.4 Å². The van der Waals surface area contributed by atoms with Gasteiger partial charge >= 0.3 is 0 Å². The van der Waals surface area contributed by atoms with Crippen LogP contribution in [0.3, 0.4) is 0 Å². The van der Waals surface area contributed by atoms with Crippen LogP contribution in [0.25, 0.3) is 0 Å². The lowest BCUT2D eigenvalue weighted by atomic mass is 10.1. The normalized spacial score (nSPS) is 11.1. The molecule has 1 N–H and O–H groups in total. The molecule has 1 rings (SSSR count). The van der Waals surface area contributed by atoms with E-state index in [9.17, 15) is 8.42 Å². The Morgan fingerprint density at radius 2 is 2.07 bits per heavy atom. The molecule has 0 unspecified atom stereocenters. The van der Waals surface area contributed by atoms with Gasteiger partial charge in [-0.05, 0) is 24.1 Å². The minimum absolute atomic E-state index is 0.450. The maximum Gasteiger partial charge on any atom is 0.229 e. The molecule has 0 aliphatic rings. The number of hydrogen-bond acceptors (Lipinski definition) is 3. The van der Waals surface area contributed by atoms with E-state index in [4.69, 9.17) is 4.74 Å². The maximum absolute atomic E-state index is 11.0. The summed E-state index contributed by atoms with van der Waals surface area (Å²) in [4.78, 5) is 0. The topological polar surface area (TPSA) is 55.4 Å². The Morgan fingerprint density at radius 1 is 1.40 bits per heavy atom. The molecule has 15 heavy (non-hydrogen) atoms. The van der Waals surface area contributed by atoms with E-state index in [0.29, 0.717) is 11.4 Å². The molecule has 5 heteroatoms. The van der Waals surface area contributed by atoms with E-state index in [0.717, 1.165) is 11.8 Å². The van der Waals surface area contributed by atoms with Crippen LogP contribution < -0.4 is 9.46 Å². The molecule has 0 fully saturated rings. The third kappa shape index (κ3) is 3.43. The Bertz CT molecular complexity index is 440. The first kappa shape index (κ1) is 11.8. The van der Waals surface area contributed by atoms with Gasteiger partial charge in [0.15, 0.2) is 0 Å². The fourth-order valence-corrected chi connectivity index (χ4v) is 1.74. The van der Waals surface area contributed by atoms with E-state index in [-0.39, 0.29) is 0 Å². The van der Waals surface area contributed by atoms with Crippen LogP contribution in [0.1, 0.15) is 12.5 Å². The highest BCUT2D eigenvalue weighted by Gasteiger charge is 2.08. The SMILES string of the molecule is C[CH]c1ccc(NS(C)(=O)=O)c(OC)c1. The molecule has 0 atom stereocenters. The van der Waals surface area contributed by atoms with Gasteiger partial charge in [0, 0.05) is 0 Å². The smallest absolute Gasteiger partial charge is 0.229 e. The number of anilines is 1. The van der Waals surface area contributed by atoms with Crippen molar-refractivity contribution in [2.75, 3.05) is 18.1 Å². The molecule has 4 nitrogen and oxygen atoms in total. The fourth-order valence-electron chi connectivity index (χ4n) is 1.17. The summed E-state index contributed by atoms with van der Waals surface area (Å²) in [6, 6.07) is 5.26. The van der Waals surface area contributed by atoms with Crippen LogP contribution >= 0.6 is 0 Å². The first-order chi connectivity index (χ1) is 6.96. The molecule has 0 saturated heterocycles. The van der Waals surface area contributed by atoms with Crippen molar-refractivity contribution < 1.29 is 13.2 Å². The molecule has 1 aromatic rings.